The maximum atomic E-state index is 13.2. The van der Waals surface area contributed by atoms with E-state index in [0.29, 0.717) is 23.7 Å². The van der Waals surface area contributed by atoms with Gasteiger partial charge in [-0.05, 0) is 39.0 Å². The molecule has 3 aromatic heterocycles. The summed E-state index contributed by atoms with van der Waals surface area (Å²) in [4.78, 5) is 9.74. The van der Waals surface area contributed by atoms with Crippen molar-refractivity contribution in [2.24, 2.45) is 0 Å². The Hall–Kier alpha value is -2.71. The predicted molar refractivity (Wildman–Crippen MR) is 109 cm³/mol. The van der Waals surface area contributed by atoms with Crippen LogP contribution in [0.1, 0.15) is 21.1 Å². The molecule has 28 heavy (non-hydrogen) atoms. The van der Waals surface area contributed by atoms with Crippen LogP contribution in [0.25, 0.3) is 10.9 Å². The molecule has 0 saturated carbocycles. The van der Waals surface area contributed by atoms with Crippen molar-refractivity contribution >= 4 is 32.3 Å². The number of nitrogens with zero attached hydrogens (tertiary/aromatic N) is 3. The molecular weight excluding hydrogens is 394 g/mol. The van der Waals surface area contributed by atoms with Gasteiger partial charge in [0, 0.05) is 29.5 Å². The van der Waals surface area contributed by atoms with Gasteiger partial charge in [0.1, 0.15) is 6.61 Å². The fourth-order valence-corrected chi connectivity index (χ4v) is 5.28. The van der Waals surface area contributed by atoms with E-state index in [-0.39, 0.29) is 4.90 Å². The number of hydrogen-bond acceptors (Lipinski definition) is 6. The molecule has 0 aliphatic carbocycles. The van der Waals surface area contributed by atoms with Gasteiger partial charge in [-0.15, -0.1) is 11.3 Å². The van der Waals surface area contributed by atoms with E-state index in [4.69, 9.17) is 4.74 Å². The van der Waals surface area contributed by atoms with Crippen LogP contribution >= 0.6 is 11.3 Å². The number of rotatable bonds is 5. The maximum absolute atomic E-state index is 13.2. The van der Waals surface area contributed by atoms with Crippen LogP contribution in [-0.2, 0) is 16.6 Å². The van der Waals surface area contributed by atoms with Gasteiger partial charge in [0.25, 0.3) is 10.0 Å². The van der Waals surface area contributed by atoms with Crippen LogP contribution in [0.2, 0.25) is 0 Å². The van der Waals surface area contributed by atoms with Gasteiger partial charge in [-0.2, -0.15) is 0 Å². The molecule has 1 aromatic carbocycles. The van der Waals surface area contributed by atoms with E-state index in [1.54, 1.807) is 61.0 Å². The van der Waals surface area contributed by atoms with Crippen molar-refractivity contribution < 1.29 is 13.2 Å². The van der Waals surface area contributed by atoms with Crippen LogP contribution in [0.4, 0.5) is 0 Å². The summed E-state index contributed by atoms with van der Waals surface area (Å²) >= 11 is 1.56. The zero-order chi connectivity index (χ0) is 19.9. The summed E-state index contributed by atoms with van der Waals surface area (Å²) in [6.45, 7) is 5.97. The smallest absolute Gasteiger partial charge is 0.268 e. The van der Waals surface area contributed by atoms with Crippen LogP contribution in [0.3, 0.4) is 0 Å². The third kappa shape index (κ3) is 3.41. The molecule has 0 spiro atoms. The first-order valence-electron chi connectivity index (χ1n) is 8.69. The monoisotopic (exact) mass is 413 g/mol. The lowest BCUT2D eigenvalue weighted by molar-refractivity contribution is 0.297. The lowest BCUT2D eigenvalue weighted by atomic mass is 10.2. The van der Waals surface area contributed by atoms with E-state index in [1.165, 1.54) is 3.97 Å². The highest BCUT2D eigenvalue weighted by atomic mass is 32.2. The van der Waals surface area contributed by atoms with Crippen LogP contribution in [0.15, 0.2) is 53.7 Å². The molecule has 0 N–H and O–H groups in total. The van der Waals surface area contributed by atoms with Crippen LogP contribution in [0.5, 0.6) is 5.88 Å². The van der Waals surface area contributed by atoms with Crippen molar-refractivity contribution in [3.05, 3.63) is 69.9 Å². The van der Waals surface area contributed by atoms with E-state index in [2.05, 4.69) is 9.97 Å². The molecule has 0 fully saturated rings. The van der Waals surface area contributed by atoms with Gasteiger partial charge in [-0.1, -0.05) is 17.7 Å². The molecule has 0 radical (unpaired) electrons. The summed E-state index contributed by atoms with van der Waals surface area (Å²) in [5.74, 6) is 0.372. The molecule has 0 aliphatic heterocycles. The first-order valence-corrected chi connectivity index (χ1v) is 10.9. The Balaban J connectivity index is 1.73. The zero-order valence-corrected chi connectivity index (χ0v) is 17.3. The highest BCUT2D eigenvalue weighted by molar-refractivity contribution is 7.90. The quantitative estimate of drug-likeness (QED) is 0.489. The minimum absolute atomic E-state index is 0.248. The van der Waals surface area contributed by atoms with Crippen molar-refractivity contribution in [2.75, 3.05) is 0 Å². The van der Waals surface area contributed by atoms with Gasteiger partial charge >= 0.3 is 0 Å². The molecule has 144 valence electrons. The third-order valence-corrected chi connectivity index (χ3v) is 7.10. The van der Waals surface area contributed by atoms with E-state index in [9.17, 15) is 8.42 Å². The summed E-state index contributed by atoms with van der Waals surface area (Å²) in [6.07, 6.45) is 3.41. The average molecular weight is 414 g/mol. The van der Waals surface area contributed by atoms with Crippen LogP contribution < -0.4 is 4.74 Å². The predicted octanol–water partition coefficient (Wildman–Crippen LogP) is 4.23. The molecule has 8 heteroatoms. The summed E-state index contributed by atoms with van der Waals surface area (Å²) in [5, 5.41) is 1.71. The molecule has 0 saturated heterocycles. The first kappa shape index (κ1) is 18.6. The summed E-state index contributed by atoms with van der Waals surface area (Å²) in [5.41, 5.74) is 2.17. The second kappa shape index (κ2) is 7.03. The van der Waals surface area contributed by atoms with Crippen molar-refractivity contribution in [3.8, 4) is 5.88 Å². The van der Waals surface area contributed by atoms with Gasteiger partial charge in [-0.25, -0.2) is 22.4 Å². The summed E-state index contributed by atoms with van der Waals surface area (Å²) in [7, 11) is -3.72. The molecular formula is C20H19N3O3S2. The molecule has 0 bridgehead atoms. The van der Waals surface area contributed by atoms with E-state index in [1.807, 2.05) is 19.9 Å². The number of ether oxygens (including phenoxy) is 1. The number of aromatic nitrogens is 3. The van der Waals surface area contributed by atoms with Gasteiger partial charge in [0.05, 0.1) is 20.3 Å². The molecule has 0 atom stereocenters. The molecule has 0 unspecified atom stereocenters. The molecule has 4 rings (SSSR count). The lowest BCUT2D eigenvalue weighted by Gasteiger charge is -2.11. The second-order valence-electron chi connectivity index (χ2n) is 6.58. The first-order chi connectivity index (χ1) is 13.3. The Kier molecular flexibility index (Phi) is 4.68. The number of pyridine rings is 1. The molecule has 3 heterocycles. The van der Waals surface area contributed by atoms with E-state index in [0.717, 1.165) is 20.8 Å². The molecule has 6 nitrogen and oxygen atoms in total. The van der Waals surface area contributed by atoms with Gasteiger partial charge < -0.3 is 4.74 Å². The Morgan fingerprint density at radius 3 is 2.46 bits per heavy atom. The fraction of sp³-hybridized carbons (Fsp3) is 0.200. The average Bonchev–Trinajstić information content (AvgIpc) is 3.22. The molecule has 0 amide bonds. The van der Waals surface area contributed by atoms with Crippen LogP contribution in [0, 0.1) is 20.8 Å². The maximum Gasteiger partial charge on any atom is 0.268 e. The minimum atomic E-state index is -3.72. The minimum Gasteiger partial charge on any atom is -0.472 e. The number of aryl methyl sites for hydroxylation is 3. The lowest BCUT2D eigenvalue weighted by Crippen LogP contribution is -2.14. The zero-order valence-electron chi connectivity index (χ0n) is 15.7. The Labute approximate surface area is 167 Å². The normalized spacial score (nSPS) is 11.8. The molecule has 4 aromatic rings. The Morgan fingerprint density at radius 1 is 1.04 bits per heavy atom. The standard InChI is InChI=1S/C20H19N3O3S2/c1-13-4-6-18(7-5-13)28(24,25)23-14(2)8-16-10-22-20(9-19(16)23)26-12-17-11-21-15(3)27-17/h4-11H,12H2,1-3H3. The highest BCUT2D eigenvalue weighted by Gasteiger charge is 2.22. The van der Waals surface area contributed by atoms with E-state index >= 15 is 0 Å². The second-order valence-corrected chi connectivity index (χ2v) is 9.69. The van der Waals surface area contributed by atoms with Crippen molar-refractivity contribution in [1.29, 1.82) is 0 Å². The number of benzene rings is 1. The largest absolute Gasteiger partial charge is 0.472 e. The van der Waals surface area contributed by atoms with Crippen molar-refractivity contribution in [2.45, 2.75) is 32.3 Å². The Morgan fingerprint density at radius 2 is 1.79 bits per heavy atom. The third-order valence-electron chi connectivity index (χ3n) is 4.38. The summed E-state index contributed by atoms with van der Waals surface area (Å²) in [6, 6.07) is 10.3. The molecule has 0 aliphatic rings. The topological polar surface area (TPSA) is 74.1 Å². The SMILES string of the molecule is Cc1ccc(S(=O)(=O)n2c(C)cc3cnc(OCc4cnc(C)s4)cc32)cc1. The number of hydrogen-bond donors (Lipinski definition) is 0. The van der Waals surface area contributed by atoms with Crippen molar-refractivity contribution in [3.63, 3.8) is 0 Å². The van der Waals surface area contributed by atoms with Gasteiger partial charge in [0.2, 0.25) is 5.88 Å². The van der Waals surface area contributed by atoms with Gasteiger partial charge in [-0.3, -0.25) is 0 Å². The van der Waals surface area contributed by atoms with Gasteiger partial charge in [0.15, 0.2) is 0 Å². The fourth-order valence-electron chi connectivity index (χ4n) is 3.03. The Bertz CT molecular complexity index is 1260. The highest BCUT2D eigenvalue weighted by Crippen LogP contribution is 2.28. The van der Waals surface area contributed by atoms with Crippen molar-refractivity contribution in [1.82, 2.24) is 13.9 Å². The summed E-state index contributed by atoms with van der Waals surface area (Å²) < 4.78 is 33.6. The van der Waals surface area contributed by atoms with E-state index < -0.39 is 10.0 Å². The van der Waals surface area contributed by atoms with Crippen LogP contribution in [-0.4, -0.2) is 22.4 Å². The number of fused-ring (bicyclic) bond motifs is 1. The number of thiazole rings is 1.